The number of amides is 3. The molecular weight excluding hydrogens is 472 g/mol. The summed E-state index contributed by atoms with van der Waals surface area (Å²) in [6.07, 6.45) is 0.147. The Kier molecular flexibility index (Phi) is 6.14. The topological polar surface area (TPSA) is 83.4 Å². The highest BCUT2D eigenvalue weighted by atomic mass is 79.9. The summed E-state index contributed by atoms with van der Waals surface area (Å²) in [5.74, 6) is -1.07. The van der Waals surface area contributed by atoms with Crippen LogP contribution in [0.3, 0.4) is 0 Å². The molecule has 7 nitrogen and oxygen atoms in total. The summed E-state index contributed by atoms with van der Waals surface area (Å²) in [6, 6.07) is 18.0. The average Bonchev–Trinajstić information content (AvgIpc) is 3.31. The van der Waals surface area contributed by atoms with Crippen molar-refractivity contribution in [3.05, 3.63) is 82.1 Å². The molecule has 1 aliphatic rings. The first-order valence-corrected chi connectivity index (χ1v) is 11.0. The summed E-state index contributed by atoms with van der Waals surface area (Å²) < 4.78 is 2.64. The van der Waals surface area contributed by atoms with E-state index in [9.17, 15) is 14.4 Å². The van der Waals surface area contributed by atoms with E-state index in [1.807, 2.05) is 50.2 Å². The van der Waals surface area contributed by atoms with E-state index in [1.54, 1.807) is 33.8 Å². The van der Waals surface area contributed by atoms with E-state index in [2.05, 4.69) is 26.7 Å². The monoisotopic (exact) mass is 494 g/mol. The maximum atomic E-state index is 12.8. The quantitative estimate of drug-likeness (QED) is 0.556. The third kappa shape index (κ3) is 4.60. The number of benzene rings is 2. The van der Waals surface area contributed by atoms with Crippen molar-refractivity contribution in [3.63, 3.8) is 0 Å². The Balaban J connectivity index is 1.42. The molecule has 3 aromatic rings. The summed E-state index contributed by atoms with van der Waals surface area (Å²) in [7, 11) is 0. The standard InChI is InChI=1S/C24H23BrN4O3/c1-15-6-7-16(2)29(15)27-24(32)17-4-3-5-20(12-17)26-23(31)18-13-22(30)28(14-18)21-10-8-19(25)9-11-21/h3-12,18H,13-14H2,1-2H3,(H,26,31)(H,27,32)/t18-/m1/s1. The van der Waals surface area contributed by atoms with Crippen molar-refractivity contribution in [2.45, 2.75) is 20.3 Å². The Morgan fingerprint density at radius 1 is 1.00 bits per heavy atom. The van der Waals surface area contributed by atoms with Gasteiger partial charge in [0.25, 0.3) is 5.91 Å². The van der Waals surface area contributed by atoms with E-state index in [0.29, 0.717) is 17.8 Å². The van der Waals surface area contributed by atoms with Gasteiger partial charge in [-0.1, -0.05) is 22.0 Å². The van der Waals surface area contributed by atoms with Gasteiger partial charge in [-0.05, 0) is 68.4 Å². The van der Waals surface area contributed by atoms with Crippen molar-refractivity contribution in [2.75, 3.05) is 22.2 Å². The molecule has 8 heteroatoms. The molecule has 2 aromatic carbocycles. The Hall–Kier alpha value is -3.39. The van der Waals surface area contributed by atoms with Gasteiger partial charge in [0, 0.05) is 45.8 Å². The number of nitrogens with one attached hydrogen (secondary N) is 2. The predicted octanol–water partition coefficient (Wildman–Crippen LogP) is 4.24. The van der Waals surface area contributed by atoms with Gasteiger partial charge in [-0.3, -0.25) is 24.5 Å². The summed E-state index contributed by atoms with van der Waals surface area (Å²) in [4.78, 5) is 39.6. The molecule has 0 aliphatic carbocycles. The Bertz CT molecular complexity index is 1170. The molecule has 1 saturated heterocycles. The highest BCUT2D eigenvalue weighted by Gasteiger charge is 2.35. The lowest BCUT2D eigenvalue weighted by Crippen LogP contribution is -2.28. The zero-order valence-corrected chi connectivity index (χ0v) is 19.3. The molecule has 0 bridgehead atoms. The molecule has 3 amide bonds. The maximum absolute atomic E-state index is 12.8. The van der Waals surface area contributed by atoms with Crippen LogP contribution in [0.4, 0.5) is 11.4 Å². The molecule has 0 unspecified atom stereocenters. The van der Waals surface area contributed by atoms with Crippen molar-refractivity contribution < 1.29 is 14.4 Å². The molecule has 0 radical (unpaired) electrons. The van der Waals surface area contributed by atoms with Crippen LogP contribution in [0.25, 0.3) is 0 Å². The van der Waals surface area contributed by atoms with Crippen molar-refractivity contribution in [1.29, 1.82) is 0 Å². The molecule has 2 heterocycles. The number of aromatic nitrogens is 1. The lowest BCUT2D eigenvalue weighted by atomic mass is 10.1. The van der Waals surface area contributed by atoms with Crippen LogP contribution in [0.5, 0.6) is 0 Å². The normalized spacial score (nSPS) is 15.7. The number of carbonyl (C=O) groups is 3. The number of anilines is 2. The fraction of sp³-hybridized carbons (Fsp3) is 0.208. The number of nitrogens with zero attached hydrogens (tertiary/aromatic N) is 2. The van der Waals surface area contributed by atoms with Gasteiger partial charge in [0.2, 0.25) is 11.8 Å². The SMILES string of the molecule is Cc1ccc(C)n1NC(=O)c1cccc(NC(=O)[C@@H]2CC(=O)N(c3ccc(Br)cc3)C2)c1. The zero-order valence-electron chi connectivity index (χ0n) is 17.8. The van der Waals surface area contributed by atoms with Crippen LogP contribution in [0.1, 0.15) is 28.2 Å². The predicted molar refractivity (Wildman–Crippen MR) is 127 cm³/mol. The number of hydrogen-bond donors (Lipinski definition) is 2. The lowest BCUT2D eigenvalue weighted by molar-refractivity contribution is -0.122. The van der Waals surface area contributed by atoms with Crippen LogP contribution in [-0.2, 0) is 9.59 Å². The van der Waals surface area contributed by atoms with Crippen molar-refractivity contribution in [3.8, 4) is 0 Å². The molecule has 2 N–H and O–H groups in total. The minimum absolute atomic E-state index is 0.0851. The fourth-order valence-corrected chi connectivity index (χ4v) is 4.01. The third-order valence-corrected chi connectivity index (χ3v) is 6.04. The van der Waals surface area contributed by atoms with Crippen molar-refractivity contribution >= 4 is 45.0 Å². The third-order valence-electron chi connectivity index (χ3n) is 5.51. The largest absolute Gasteiger partial charge is 0.326 e. The van der Waals surface area contributed by atoms with E-state index in [4.69, 9.17) is 0 Å². The van der Waals surface area contributed by atoms with Crippen LogP contribution in [0, 0.1) is 19.8 Å². The van der Waals surface area contributed by atoms with E-state index < -0.39 is 5.92 Å². The molecule has 32 heavy (non-hydrogen) atoms. The van der Waals surface area contributed by atoms with Gasteiger partial charge >= 0.3 is 0 Å². The summed E-state index contributed by atoms with van der Waals surface area (Å²) in [6.45, 7) is 4.13. The summed E-state index contributed by atoms with van der Waals surface area (Å²) >= 11 is 3.38. The van der Waals surface area contributed by atoms with Gasteiger partial charge in [0.15, 0.2) is 0 Å². The lowest BCUT2D eigenvalue weighted by Gasteiger charge is -2.17. The summed E-state index contributed by atoms with van der Waals surface area (Å²) in [5.41, 5.74) is 6.39. The first-order valence-electron chi connectivity index (χ1n) is 10.2. The minimum Gasteiger partial charge on any atom is -0.326 e. The maximum Gasteiger partial charge on any atom is 0.270 e. The highest BCUT2D eigenvalue weighted by Crippen LogP contribution is 2.27. The number of aryl methyl sites for hydroxylation is 2. The van der Waals surface area contributed by atoms with Crippen molar-refractivity contribution in [2.24, 2.45) is 5.92 Å². The van der Waals surface area contributed by atoms with Gasteiger partial charge in [0.05, 0.1) is 5.92 Å². The fourth-order valence-electron chi connectivity index (χ4n) is 3.75. The molecule has 4 rings (SSSR count). The van der Waals surface area contributed by atoms with Gasteiger partial charge < -0.3 is 10.2 Å². The first-order chi connectivity index (χ1) is 15.3. The van der Waals surface area contributed by atoms with Gasteiger partial charge in [-0.25, -0.2) is 0 Å². The smallest absolute Gasteiger partial charge is 0.270 e. The second-order valence-electron chi connectivity index (χ2n) is 7.84. The second kappa shape index (κ2) is 9.00. The van der Waals surface area contributed by atoms with E-state index in [1.165, 1.54) is 0 Å². The summed E-state index contributed by atoms with van der Waals surface area (Å²) in [5, 5.41) is 2.85. The molecule has 1 atom stereocenters. The Morgan fingerprint density at radius 3 is 2.38 bits per heavy atom. The molecule has 0 spiro atoms. The van der Waals surface area contributed by atoms with Crippen LogP contribution < -0.4 is 15.6 Å². The molecular formula is C24H23BrN4O3. The molecule has 164 valence electrons. The van der Waals surface area contributed by atoms with Crippen LogP contribution in [0.15, 0.2) is 65.1 Å². The van der Waals surface area contributed by atoms with Gasteiger partial charge in [-0.15, -0.1) is 0 Å². The number of carbonyl (C=O) groups excluding carboxylic acids is 3. The molecule has 1 fully saturated rings. The molecule has 1 aromatic heterocycles. The van der Waals surface area contributed by atoms with Crippen LogP contribution >= 0.6 is 15.9 Å². The van der Waals surface area contributed by atoms with E-state index in [-0.39, 0.29) is 24.1 Å². The number of halogens is 1. The highest BCUT2D eigenvalue weighted by molar-refractivity contribution is 9.10. The molecule has 0 saturated carbocycles. The van der Waals surface area contributed by atoms with E-state index in [0.717, 1.165) is 21.5 Å². The van der Waals surface area contributed by atoms with Crippen LogP contribution in [0.2, 0.25) is 0 Å². The Labute approximate surface area is 194 Å². The first kappa shape index (κ1) is 21.8. The number of hydrogen-bond acceptors (Lipinski definition) is 3. The van der Waals surface area contributed by atoms with E-state index >= 15 is 0 Å². The van der Waals surface area contributed by atoms with Gasteiger partial charge in [-0.2, -0.15) is 0 Å². The Morgan fingerprint density at radius 2 is 1.69 bits per heavy atom. The van der Waals surface area contributed by atoms with Gasteiger partial charge in [0.1, 0.15) is 0 Å². The average molecular weight is 495 g/mol. The molecule has 1 aliphatic heterocycles. The van der Waals surface area contributed by atoms with Crippen molar-refractivity contribution in [1.82, 2.24) is 4.68 Å². The second-order valence-corrected chi connectivity index (χ2v) is 8.76. The minimum atomic E-state index is -0.464. The zero-order chi connectivity index (χ0) is 22.8. The van der Waals surface area contributed by atoms with Crippen LogP contribution in [-0.4, -0.2) is 28.9 Å². The number of rotatable bonds is 5.